The zero-order chi connectivity index (χ0) is 11.3. The highest BCUT2D eigenvalue weighted by Gasteiger charge is 2.09. The number of hydrogen-bond donors (Lipinski definition) is 0. The van der Waals surface area contributed by atoms with Gasteiger partial charge in [-0.1, -0.05) is 17.7 Å². The summed E-state index contributed by atoms with van der Waals surface area (Å²) in [7, 11) is -3.35. The Morgan fingerprint density at radius 3 is 2.40 bits per heavy atom. The van der Waals surface area contributed by atoms with Crippen LogP contribution < -0.4 is 0 Å². The van der Waals surface area contributed by atoms with E-state index in [1.54, 1.807) is 31.2 Å². The third-order valence-electron chi connectivity index (χ3n) is 1.85. The Morgan fingerprint density at radius 1 is 1.27 bits per heavy atom. The molecule has 15 heavy (non-hydrogen) atoms. The SMILES string of the molecule is CCO/C=C/S(=O)(=O)c1ccc(C)cc1. The molecular formula is C11H14O3S. The summed E-state index contributed by atoms with van der Waals surface area (Å²) in [5.41, 5.74) is 1.03. The molecule has 0 spiro atoms. The monoisotopic (exact) mass is 226 g/mol. The van der Waals surface area contributed by atoms with Gasteiger partial charge in [-0.2, -0.15) is 0 Å². The van der Waals surface area contributed by atoms with Crippen LogP contribution in [0.1, 0.15) is 12.5 Å². The number of ether oxygens (including phenoxy) is 1. The topological polar surface area (TPSA) is 43.4 Å². The molecule has 0 radical (unpaired) electrons. The van der Waals surface area contributed by atoms with Crippen LogP contribution in [-0.4, -0.2) is 15.0 Å². The molecule has 0 heterocycles. The van der Waals surface area contributed by atoms with Crippen molar-refractivity contribution in [3.63, 3.8) is 0 Å². The molecule has 0 aromatic heterocycles. The van der Waals surface area contributed by atoms with E-state index in [4.69, 9.17) is 4.74 Å². The molecule has 0 aliphatic rings. The molecule has 0 N–H and O–H groups in total. The molecule has 0 bridgehead atoms. The molecule has 82 valence electrons. The van der Waals surface area contributed by atoms with Crippen molar-refractivity contribution in [3.8, 4) is 0 Å². The lowest BCUT2D eigenvalue weighted by molar-refractivity contribution is 0.270. The number of aryl methyl sites for hydroxylation is 1. The van der Waals surface area contributed by atoms with Crippen LogP contribution >= 0.6 is 0 Å². The average molecular weight is 226 g/mol. The van der Waals surface area contributed by atoms with Gasteiger partial charge in [0.2, 0.25) is 9.84 Å². The van der Waals surface area contributed by atoms with Gasteiger partial charge in [-0.25, -0.2) is 8.42 Å². The van der Waals surface area contributed by atoms with Crippen molar-refractivity contribution in [1.29, 1.82) is 0 Å². The second-order valence-electron chi connectivity index (χ2n) is 3.09. The Morgan fingerprint density at radius 2 is 1.87 bits per heavy atom. The summed E-state index contributed by atoms with van der Waals surface area (Å²) in [6.45, 7) is 4.16. The first-order valence-electron chi connectivity index (χ1n) is 4.66. The zero-order valence-electron chi connectivity index (χ0n) is 8.80. The molecule has 1 aromatic rings. The lowest BCUT2D eigenvalue weighted by atomic mass is 10.2. The summed E-state index contributed by atoms with van der Waals surface area (Å²) in [5.74, 6) is 0. The second-order valence-corrected chi connectivity index (χ2v) is 4.92. The average Bonchev–Trinajstić information content (AvgIpc) is 2.18. The first-order valence-corrected chi connectivity index (χ1v) is 6.21. The van der Waals surface area contributed by atoms with Crippen molar-refractivity contribution in [2.24, 2.45) is 0 Å². The fourth-order valence-electron chi connectivity index (χ4n) is 1.02. The van der Waals surface area contributed by atoms with Gasteiger partial charge in [0.25, 0.3) is 0 Å². The Kier molecular flexibility index (Phi) is 3.91. The van der Waals surface area contributed by atoms with Crippen LogP contribution in [0.25, 0.3) is 0 Å². The molecule has 1 aromatic carbocycles. The van der Waals surface area contributed by atoms with Crippen molar-refractivity contribution >= 4 is 9.84 Å². The quantitative estimate of drug-likeness (QED) is 0.740. The number of rotatable bonds is 4. The van der Waals surface area contributed by atoms with E-state index in [-0.39, 0.29) is 4.90 Å². The highest BCUT2D eigenvalue weighted by molar-refractivity contribution is 7.94. The van der Waals surface area contributed by atoms with E-state index < -0.39 is 9.84 Å². The number of sulfone groups is 1. The molecular weight excluding hydrogens is 212 g/mol. The highest BCUT2D eigenvalue weighted by atomic mass is 32.2. The van der Waals surface area contributed by atoms with Crippen LogP contribution in [0, 0.1) is 6.92 Å². The van der Waals surface area contributed by atoms with E-state index in [1.165, 1.54) is 6.26 Å². The van der Waals surface area contributed by atoms with Gasteiger partial charge >= 0.3 is 0 Å². The molecule has 0 aliphatic heterocycles. The first kappa shape index (κ1) is 11.8. The molecule has 0 amide bonds. The maximum Gasteiger partial charge on any atom is 0.202 e. The predicted octanol–water partition coefficient (Wildman–Crippen LogP) is 2.28. The van der Waals surface area contributed by atoms with Crippen molar-refractivity contribution in [2.75, 3.05) is 6.61 Å². The standard InChI is InChI=1S/C11H14O3S/c1-3-14-8-9-15(12,13)11-6-4-10(2)5-7-11/h4-9H,3H2,1-2H3/b9-8+. The third kappa shape index (κ3) is 3.40. The first-order chi connectivity index (χ1) is 7.06. The van der Waals surface area contributed by atoms with Crippen molar-refractivity contribution < 1.29 is 13.2 Å². The van der Waals surface area contributed by atoms with Crippen molar-refractivity contribution in [1.82, 2.24) is 0 Å². The van der Waals surface area contributed by atoms with Gasteiger partial charge in [0.05, 0.1) is 23.2 Å². The van der Waals surface area contributed by atoms with Crippen LogP contribution in [0.3, 0.4) is 0 Å². The van der Waals surface area contributed by atoms with Crippen molar-refractivity contribution in [2.45, 2.75) is 18.7 Å². The predicted molar refractivity (Wildman–Crippen MR) is 59.1 cm³/mol. The molecule has 1 rings (SSSR count). The molecule has 0 unspecified atom stereocenters. The molecule has 3 nitrogen and oxygen atoms in total. The lowest BCUT2D eigenvalue weighted by Crippen LogP contribution is -1.96. The van der Waals surface area contributed by atoms with Gasteiger partial charge in [-0.15, -0.1) is 0 Å². The van der Waals surface area contributed by atoms with E-state index in [0.717, 1.165) is 11.0 Å². The summed E-state index contributed by atoms with van der Waals surface area (Å²) in [4.78, 5) is 0.282. The Balaban J connectivity index is 2.91. The summed E-state index contributed by atoms with van der Waals surface area (Å²) >= 11 is 0. The highest BCUT2D eigenvalue weighted by Crippen LogP contribution is 2.12. The van der Waals surface area contributed by atoms with Gasteiger partial charge in [-0.05, 0) is 26.0 Å². The van der Waals surface area contributed by atoms with Gasteiger partial charge in [0.15, 0.2) is 0 Å². The summed E-state index contributed by atoms with van der Waals surface area (Å²) in [6.07, 6.45) is 1.20. The van der Waals surface area contributed by atoms with Crippen LogP contribution in [0.15, 0.2) is 40.8 Å². The Bertz CT molecular complexity index is 429. The molecule has 0 aliphatic carbocycles. The van der Waals surface area contributed by atoms with Crippen LogP contribution in [0.2, 0.25) is 0 Å². The van der Waals surface area contributed by atoms with E-state index in [9.17, 15) is 8.42 Å². The van der Waals surface area contributed by atoms with E-state index in [1.807, 2.05) is 6.92 Å². The zero-order valence-corrected chi connectivity index (χ0v) is 9.62. The van der Waals surface area contributed by atoms with E-state index >= 15 is 0 Å². The molecule has 0 saturated carbocycles. The number of hydrogen-bond acceptors (Lipinski definition) is 3. The number of benzene rings is 1. The summed E-state index contributed by atoms with van der Waals surface area (Å²) < 4.78 is 28.2. The molecule has 0 atom stereocenters. The smallest absolute Gasteiger partial charge is 0.202 e. The third-order valence-corrected chi connectivity index (χ3v) is 3.25. The fourth-order valence-corrected chi connectivity index (χ4v) is 1.91. The van der Waals surface area contributed by atoms with Crippen LogP contribution in [0.4, 0.5) is 0 Å². The molecule has 0 fully saturated rings. The Labute approximate surface area is 90.3 Å². The van der Waals surface area contributed by atoms with Gasteiger partial charge in [0.1, 0.15) is 0 Å². The minimum Gasteiger partial charge on any atom is -0.501 e. The fraction of sp³-hybridized carbons (Fsp3) is 0.273. The van der Waals surface area contributed by atoms with Crippen LogP contribution in [0.5, 0.6) is 0 Å². The summed E-state index contributed by atoms with van der Waals surface area (Å²) in [6, 6.07) is 6.70. The van der Waals surface area contributed by atoms with E-state index in [2.05, 4.69) is 0 Å². The van der Waals surface area contributed by atoms with Gasteiger partial charge in [-0.3, -0.25) is 0 Å². The maximum absolute atomic E-state index is 11.7. The minimum atomic E-state index is -3.35. The molecule has 4 heteroatoms. The van der Waals surface area contributed by atoms with Crippen molar-refractivity contribution in [3.05, 3.63) is 41.5 Å². The Hall–Kier alpha value is -1.29. The normalized spacial score (nSPS) is 11.9. The lowest BCUT2D eigenvalue weighted by Gasteiger charge is -1.99. The molecule has 0 saturated heterocycles. The van der Waals surface area contributed by atoms with Gasteiger partial charge in [0, 0.05) is 0 Å². The van der Waals surface area contributed by atoms with E-state index in [0.29, 0.717) is 6.61 Å². The second kappa shape index (κ2) is 4.98. The van der Waals surface area contributed by atoms with Crippen LogP contribution in [-0.2, 0) is 14.6 Å². The minimum absolute atomic E-state index is 0.282. The summed E-state index contributed by atoms with van der Waals surface area (Å²) in [5, 5.41) is 1.07. The van der Waals surface area contributed by atoms with Gasteiger partial charge < -0.3 is 4.74 Å². The largest absolute Gasteiger partial charge is 0.501 e. The maximum atomic E-state index is 11.7.